The standard InChI is InChI=1S/C17H28O/c1-8-11-18-15-12-13(16(2,3)4)9-10-14(15)17(5,6)7/h9-10,12H,8,11H2,1-7H3. The average molecular weight is 248 g/mol. The Morgan fingerprint density at radius 2 is 1.56 bits per heavy atom. The van der Waals surface area contributed by atoms with Gasteiger partial charge < -0.3 is 4.74 Å². The lowest BCUT2D eigenvalue weighted by atomic mass is 9.81. The molecular formula is C17H28O. The van der Waals surface area contributed by atoms with Gasteiger partial charge in [-0.3, -0.25) is 0 Å². The Labute approximate surface area is 113 Å². The summed E-state index contributed by atoms with van der Waals surface area (Å²) in [5, 5.41) is 0. The average Bonchev–Trinajstić information content (AvgIpc) is 2.23. The maximum absolute atomic E-state index is 5.95. The van der Waals surface area contributed by atoms with Crippen LogP contribution in [0.25, 0.3) is 0 Å². The van der Waals surface area contributed by atoms with Crippen LogP contribution in [0.15, 0.2) is 18.2 Å². The van der Waals surface area contributed by atoms with E-state index in [9.17, 15) is 0 Å². The highest BCUT2D eigenvalue weighted by atomic mass is 16.5. The van der Waals surface area contributed by atoms with Crippen LogP contribution in [0, 0.1) is 0 Å². The van der Waals surface area contributed by atoms with Crippen molar-refractivity contribution in [1.29, 1.82) is 0 Å². The van der Waals surface area contributed by atoms with Gasteiger partial charge in [0.25, 0.3) is 0 Å². The molecule has 102 valence electrons. The molecule has 1 rings (SSSR count). The zero-order valence-corrected chi connectivity index (χ0v) is 13.1. The smallest absolute Gasteiger partial charge is 0.123 e. The predicted molar refractivity (Wildman–Crippen MR) is 79.6 cm³/mol. The minimum absolute atomic E-state index is 0.124. The Hall–Kier alpha value is -0.980. The Morgan fingerprint density at radius 3 is 2.00 bits per heavy atom. The van der Waals surface area contributed by atoms with Crippen LogP contribution in [0.2, 0.25) is 0 Å². The van der Waals surface area contributed by atoms with Gasteiger partial charge in [-0.1, -0.05) is 60.6 Å². The monoisotopic (exact) mass is 248 g/mol. The van der Waals surface area contributed by atoms with E-state index < -0.39 is 0 Å². The van der Waals surface area contributed by atoms with Gasteiger partial charge in [-0.25, -0.2) is 0 Å². The fourth-order valence-electron chi connectivity index (χ4n) is 1.94. The van der Waals surface area contributed by atoms with Crippen molar-refractivity contribution < 1.29 is 4.74 Å². The number of hydrogen-bond acceptors (Lipinski definition) is 1. The summed E-state index contributed by atoms with van der Waals surface area (Å²) < 4.78 is 5.95. The Bertz CT molecular complexity index is 391. The Balaban J connectivity index is 3.21. The van der Waals surface area contributed by atoms with Gasteiger partial charge in [0.1, 0.15) is 5.75 Å². The van der Waals surface area contributed by atoms with Crippen molar-refractivity contribution in [2.24, 2.45) is 0 Å². The lowest BCUT2D eigenvalue weighted by molar-refractivity contribution is 0.307. The molecule has 0 aromatic heterocycles. The van der Waals surface area contributed by atoms with Crippen molar-refractivity contribution in [2.75, 3.05) is 6.61 Å². The normalized spacial score (nSPS) is 12.6. The summed E-state index contributed by atoms with van der Waals surface area (Å²) in [6.07, 6.45) is 1.04. The summed E-state index contributed by atoms with van der Waals surface area (Å²) in [7, 11) is 0. The first-order chi connectivity index (χ1) is 8.16. The molecule has 0 unspecified atom stereocenters. The third-order valence-electron chi connectivity index (χ3n) is 3.12. The van der Waals surface area contributed by atoms with Gasteiger partial charge in [0, 0.05) is 0 Å². The molecule has 0 atom stereocenters. The largest absolute Gasteiger partial charge is 0.493 e. The highest BCUT2D eigenvalue weighted by molar-refractivity contribution is 5.43. The summed E-state index contributed by atoms with van der Waals surface area (Å²) >= 11 is 0. The molecule has 0 N–H and O–H groups in total. The van der Waals surface area contributed by atoms with Crippen molar-refractivity contribution in [3.05, 3.63) is 29.3 Å². The minimum Gasteiger partial charge on any atom is -0.493 e. The molecule has 1 heteroatoms. The quantitative estimate of drug-likeness (QED) is 0.725. The van der Waals surface area contributed by atoms with Crippen LogP contribution < -0.4 is 4.74 Å². The van der Waals surface area contributed by atoms with Gasteiger partial charge in [0.05, 0.1) is 6.61 Å². The van der Waals surface area contributed by atoms with Crippen LogP contribution in [-0.2, 0) is 10.8 Å². The van der Waals surface area contributed by atoms with Crippen LogP contribution in [0.3, 0.4) is 0 Å². The molecule has 0 radical (unpaired) electrons. The van der Waals surface area contributed by atoms with Gasteiger partial charge in [-0.15, -0.1) is 0 Å². The van der Waals surface area contributed by atoms with E-state index in [4.69, 9.17) is 4.74 Å². The lowest BCUT2D eigenvalue weighted by Gasteiger charge is -2.26. The first-order valence-corrected chi connectivity index (χ1v) is 6.94. The zero-order chi connectivity index (χ0) is 14.0. The van der Waals surface area contributed by atoms with E-state index >= 15 is 0 Å². The molecule has 0 spiro atoms. The molecule has 0 amide bonds. The van der Waals surface area contributed by atoms with Gasteiger partial charge in [-0.2, -0.15) is 0 Å². The van der Waals surface area contributed by atoms with E-state index in [1.165, 1.54) is 11.1 Å². The van der Waals surface area contributed by atoms with Crippen LogP contribution in [-0.4, -0.2) is 6.61 Å². The molecule has 0 fully saturated rings. The van der Waals surface area contributed by atoms with Crippen LogP contribution in [0.5, 0.6) is 5.75 Å². The van der Waals surface area contributed by atoms with Crippen LogP contribution in [0.4, 0.5) is 0 Å². The second-order valence-corrected chi connectivity index (χ2v) is 7.06. The van der Waals surface area contributed by atoms with E-state index in [2.05, 4.69) is 66.7 Å². The maximum atomic E-state index is 5.95. The van der Waals surface area contributed by atoms with Crippen molar-refractivity contribution in [3.8, 4) is 5.75 Å². The van der Waals surface area contributed by atoms with Crippen LogP contribution >= 0.6 is 0 Å². The number of benzene rings is 1. The third kappa shape index (κ3) is 3.76. The van der Waals surface area contributed by atoms with E-state index in [0.717, 1.165) is 18.8 Å². The van der Waals surface area contributed by atoms with E-state index in [-0.39, 0.29) is 10.8 Å². The summed E-state index contributed by atoms with van der Waals surface area (Å²) in [4.78, 5) is 0. The topological polar surface area (TPSA) is 9.23 Å². The molecule has 1 aromatic rings. The number of ether oxygens (including phenoxy) is 1. The van der Waals surface area contributed by atoms with Gasteiger partial charge in [0.15, 0.2) is 0 Å². The zero-order valence-electron chi connectivity index (χ0n) is 13.1. The van der Waals surface area contributed by atoms with Gasteiger partial charge in [0.2, 0.25) is 0 Å². The fourth-order valence-corrected chi connectivity index (χ4v) is 1.94. The van der Waals surface area contributed by atoms with E-state index in [1.807, 2.05) is 0 Å². The molecule has 18 heavy (non-hydrogen) atoms. The van der Waals surface area contributed by atoms with Crippen molar-refractivity contribution in [3.63, 3.8) is 0 Å². The second-order valence-electron chi connectivity index (χ2n) is 7.06. The first kappa shape index (κ1) is 15.1. The molecule has 0 saturated heterocycles. The summed E-state index contributed by atoms with van der Waals surface area (Å²) in [5.74, 6) is 1.05. The molecule has 1 nitrogen and oxygen atoms in total. The summed E-state index contributed by atoms with van der Waals surface area (Å²) in [6.45, 7) is 16.4. The lowest BCUT2D eigenvalue weighted by Crippen LogP contribution is -2.16. The molecule has 0 aliphatic rings. The molecule has 0 saturated carbocycles. The second kappa shape index (κ2) is 5.34. The molecular weight excluding hydrogens is 220 g/mol. The summed E-state index contributed by atoms with van der Waals surface area (Å²) in [6, 6.07) is 6.68. The van der Waals surface area contributed by atoms with Crippen LogP contribution in [0.1, 0.15) is 66.0 Å². The maximum Gasteiger partial charge on any atom is 0.123 e. The van der Waals surface area contributed by atoms with E-state index in [1.54, 1.807) is 0 Å². The third-order valence-corrected chi connectivity index (χ3v) is 3.12. The molecule has 1 aromatic carbocycles. The molecule has 0 heterocycles. The van der Waals surface area contributed by atoms with Crippen molar-refractivity contribution in [1.82, 2.24) is 0 Å². The molecule has 0 bridgehead atoms. The fraction of sp³-hybridized carbons (Fsp3) is 0.647. The number of rotatable bonds is 3. The van der Waals surface area contributed by atoms with Gasteiger partial charge in [-0.05, 0) is 34.4 Å². The molecule has 0 aliphatic heterocycles. The van der Waals surface area contributed by atoms with Gasteiger partial charge >= 0.3 is 0 Å². The van der Waals surface area contributed by atoms with Crippen molar-refractivity contribution >= 4 is 0 Å². The van der Waals surface area contributed by atoms with E-state index in [0.29, 0.717) is 0 Å². The highest BCUT2D eigenvalue weighted by Crippen LogP contribution is 2.35. The number of hydrogen-bond donors (Lipinski definition) is 0. The summed E-state index contributed by atoms with van der Waals surface area (Å²) in [5.41, 5.74) is 2.92. The highest BCUT2D eigenvalue weighted by Gasteiger charge is 2.22. The predicted octanol–water partition coefficient (Wildman–Crippen LogP) is 5.07. The Kier molecular flexibility index (Phi) is 4.47. The Morgan fingerprint density at radius 1 is 0.944 bits per heavy atom. The minimum atomic E-state index is 0.124. The van der Waals surface area contributed by atoms with Crippen molar-refractivity contribution in [2.45, 2.75) is 65.7 Å². The SMILES string of the molecule is CCCOc1cc(C(C)(C)C)ccc1C(C)(C)C. The first-order valence-electron chi connectivity index (χ1n) is 6.94. The molecule has 0 aliphatic carbocycles.